The van der Waals surface area contributed by atoms with Gasteiger partial charge in [-0.2, -0.15) is 0 Å². The van der Waals surface area contributed by atoms with Crippen molar-refractivity contribution in [1.82, 2.24) is 9.97 Å². The highest BCUT2D eigenvalue weighted by Gasteiger charge is 2.03. The number of methoxy groups -OCH3 is 1. The van der Waals surface area contributed by atoms with Gasteiger partial charge < -0.3 is 20.1 Å². The average Bonchev–Trinajstić information content (AvgIpc) is 2.67. The Balaban J connectivity index is 1.53. The summed E-state index contributed by atoms with van der Waals surface area (Å²) in [7, 11) is 1.64. The van der Waals surface area contributed by atoms with E-state index in [2.05, 4.69) is 20.6 Å². The van der Waals surface area contributed by atoms with Crippen molar-refractivity contribution in [2.45, 2.75) is 6.92 Å². The summed E-state index contributed by atoms with van der Waals surface area (Å²) in [4.78, 5) is 8.81. The van der Waals surface area contributed by atoms with Gasteiger partial charge in [-0.25, -0.2) is 9.97 Å². The summed E-state index contributed by atoms with van der Waals surface area (Å²) < 4.78 is 10.8. The average molecular weight is 385 g/mol. The van der Waals surface area contributed by atoms with Gasteiger partial charge in [-0.3, -0.25) is 0 Å². The van der Waals surface area contributed by atoms with Gasteiger partial charge in [-0.15, -0.1) is 0 Å². The van der Waals surface area contributed by atoms with Crippen LogP contribution in [-0.4, -0.2) is 30.2 Å². The molecule has 0 saturated heterocycles. The summed E-state index contributed by atoms with van der Waals surface area (Å²) in [5.41, 5.74) is 0.909. The Labute approximate surface area is 163 Å². The molecule has 0 spiro atoms. The van der Waals surface area contributed by atoms with Crippen LogP contribution in [0.1, 0.15) is 5.82 Å². The Morgan fingerprint density at radius 3 is 2.30 bits per heavy atom. The second kappa shape index (κ2) is 9.09. The van der Waals surface area contributed by atoms with Gasteiger partial charge in [0.05, 0.1) is 13.7 Å². The van der Waals surface area contributed by atoms with Gasteiger partial charge in [-0.1, -0.05) is 11.6 Å². The summed E-state index contributed by atoms with van der Waals surface area (Å²) in [5.74, 6) is 3.72. The largest absolute Gasteiger partial charge is 0.497 e. The molecule has 2 N–H and O–H groups in total. The first kappa shape index (κ1) is 18.8. The molecule has 2 aromatic carbocycles. The first-order valence-electron chi connectivity index (χ1n) is 8.51. The predicted octanol–water partition coefficient (Wildman–Crippen LogP) is 4.68. The summed E-state index contributed by atoms with van der Waals surface area (Å²) in [6.07, 6.45) is 0. The fraction of sp³-hybridized carbons (Fsp3) is 0.200. The molecule has 6 nitrogen and oxygen atoms in total. The minimum absolute atomic E-state index is 0.509. The van der Waals surface area contributed by atoms with Crippen LogP contribution in [0.4, 0.5) is 17.3 Å². The third kappa shape index (κ3) is 5.76. The van der Waals surface area contributed by atoms with Crippen molar-refractivity contribution in [2.75, 3.05) is 30.9 Å². The standard InChI is InChI=1S/C20H21ClN4O2/c1-14-23-19(13-20(24-14)25-16-5-3-15(21)4-6-16)22-11-12-27-18-9-7-17(26-2)8-10-18/h3-10,13H,11-12H2,1-2H3,(H2,22,23,24,25). The van der Waals surface area contributed by atoms with Gasteiger partial charge >= 0.3 is 0 Å². The highest BCUT2D eigenvalue weighted by Crippen LogP contribution is 2.20. The predicted molar refractivity (Wildman–Crippen MR) is 108 cm³/mol. The van der Waals surface area contributed by atoms with Crippen LogP contribution in [0.15, 0.2) is 54.6 Å². The second-order valence-electron chi connectivity index (χ2n) is 5.77. The lowest BCUT2D eigenvalue weighted by Gasteiger charge is -2.11. The third-order valence-corrected chi connectivity index (χ3v) is 3.94. The van der Waals surface area contributed by atoms with Crippen molar-refractivity contribution in [1.29, 1.82) is 0 Å². The van der Waals surface area contributed by atoms with Crippen LogP contribution in [0.5, 0.6) is 11.5 Å². The molecular weight excluding hydrogens is 364 g/mol. The summed E-state index contributed by atoms with van der Waals surface area (Å²) in [5, 5.41) is 7.19. The van der Waals surface area contributed by atoms with Crippen molar-refractivity contribution >= 4 is 28.9 Å². The van der Waals surface area contributed by atoms with E-state index in [0.29, 0.717) is 29.8 Å². The molecule has 0 aliphatic rings. The lowest BCUT2D eigenvalue weighted by atomic mass is 10.3. The third-order valence-electron chi connectivity index (χ3n) is 3.69. The van der Waals surface area contributed by atoms with E-state index >= 15 is 0 Å². The van der Waals surface area contributed by atoms with Gasteiger partial charge in [0, 0.05) is 16.8 Å². The Morgan fingerprint density at radius 1 is 0.926 bits per heavy atom. The zero-order chi connectivity index (χ0) is 19.1. The number of nitrogens with zero attached hydrogens (tertiary/aromatic N) is 2. The molecule has 7 heteroatoms. The molecule has 0 bridgehead atoms. The number of halogens is 1. The maximum absolute atomic E-state index is 5.91. The van der Waals surface area contributed by atoms with Crippen LogP contribution in [0.2, 0.25) is 5.02 Å². The Hall–Kier alpha value is -2.99. The highest BCUT2D eigenvalue weighted by atomic mass is 35.5. The molecule has 0 aliphatic heterocycles. The van der Waals surface area contributed by atoms with Crippen molar-refractivity contribution in [3.63, 3.8) is 0 Å². The van der Waals surface area contributed by atoms with E-state index in [0.717, 1.165) is 23.0 Å². The van der Waals surface area contributed by atoms with Gasteiger partial charge in [0.15, 0.2) is 0 Å². The smallest absolute Gasteiger partial charge is 0.136 e. The highest BCUT2D eigenvalue weighted by molar-refractivity contribution is 6.30. The van der Waals surface area contributed by atoms with Gasteiger partial charge in [-0.05, 0) is 55.5 Å². The number of nitrogens with one attached hydrogen (secondary N) is 2. The molecule has 3 aromatic rings. The molecule has 0 atom stereocenters. The van der Waals surface area contributed by atoms with Crippen molar-refractivity contribution in [2.24, 2.45) is 0 Å². The summed E-state index contributed by atoms with van der Waals surface area (Å²) >= 11 is 5.91. The van der Waals surface area contributed by atoms with Gasteiger partial charge in [0.25, 0.3) is 0 Å². The van der Waals surface area contributed by atoms with E-state index < -0.39 is 0 Å². The van der Waals surface area contributed by atoms with Gasteiger partial charge in [0.2, 0.25) is 0 Å². The minimum atomic E-state index is 0.509. The Morgan fingerprint density at radius 2 is 1.59 bits per heavy atom. The normalized spacial score (nSPS) is 10.3. The van der Waals surface area contributed by atoms with E-state index in [9.17, 15) is 0 Å². The van der Waals surface area contributed by atoms with Crippen LogP contribution in [0, 0.1) is 6.92 Å². The SMILES string of the molecule is COc1ccc(OCCNc2cc(Nc3ccc(Cl)cc3)nc(C)n2)cc1. The number of anilines is 3. The van der Waals surface area contributed by atoms with Crippen molar-refractivity contribution in [3.8, 4) is 11.5 Å². The molecule has 0 unspecified atom stereocenters. The number of aryl methyl sites for hydroxylation is 1. The van der Waals surface area contributed by atoms with E-state index in [1.807, 2.05) is 61.5 Å². The lowest BCUT2D eigenvalue weighted by molar-refractivity contribution is 0.331. The van der Waals surface area contributed by atoms with E-state index in [1.54, 1.807) is 7.11 Å². The molecular formula is C20H21ClN4O2. The van der Waals surface area contributed by atoms with Crippen LogP contribution >= 0.6 is 11.6 Å². The Bertz CT molecular complexity index is 870. The number of hydrogen-bond donors (Lipinski definition) is 2. The fourth-order valence-electron chi connectivity index (χ4n) is 2.42. The first-order valence-corrected chi connectivity index (χ1v) is 8.89. The molecule has 0 fully saturated rings. The zero-order valence-electron chi connectivity index (χ0n) is 15.2. The summed E-state index contributed by atoms with van der Waals surface area (Å²) in [6, 6.07) is 16.8. The molecule has 3 rings (SSSR count). The van der Waals surface area contributed by atoms with Crippen LogP contribution in [0.3, 0.4) is 0 Å². The van der Waals surface area contributed by atoms with Crippen molar-refractivity contribution in [3.05, 3.63) is 65.4 Å². The molecule has 1 heterocycles. The first-order chi connectivity index (χ1) is 13.1. The number of benzene rings is 2. The monoisotopic (exact) mass is 384 g/mol. The number of rotatable bonds is 8. The zero-order valence-corrected chi connectivity index (χ0v) is 16.0. The minimum Gasteiger partial charge on any atom is -0.497 e. The number of aromatic nitrogens is 2. The quantitative estimate of drug-likeness (QED) is 0.549. The lowest BCUT2D eigenvalue weighted by Crippen LogP contribution is -2.13. The molecule has 0 aliphatic carbocycles. The second-order valence-corrected chi connectivity index (χ2v) is 6.20. The van der Waals surface area contributed by atoms with E-state index in [-0.39, 0.29) is 0 Å². The molecule has 27 heavy (non-hydrogen) atoms. The van der Waals surface area contributed by atoms with E-state index in [1.165, 1.54) is 0 Å². The molecule has 0 radical (unpaired) electrons. The van der Waals surface area contributed by atoms with E-state index in [4.69, 9.17) is 21.1 Å². The van der Waals surface area contributed by atoms with Crippen LogP contribution in [-0.2, 0) is 0 Å². The maximum atomic E-state index is 5.91. The number of ether oxygens (including phenoxy) is 2. The summed E-state index contributed by atoms with van der Waals surface area (Å²) in [6.45, 7) is 2.98. The fourth-order valence-corrected chi connectivity index (χ4v) is 2.55. The maximum Gasteiger partial charge on any atom is 0.136 e. The topological polar surface area (TPSA) is 68.3 Å². The van der Waals surface area contributed by atoms with Gasteiger partial charge in [0.1, 0.15) is 35.6 Å². The molecule has 140 valence electrons. The molecule has 0 amide bonds. The number of hydrogen-bond acceptors (Lipinski definition) is 6. The Kier molecular flexibility index (Phi) is 6.33. The molecule has 1 aromatic heterocycles. The van der Waals surface area contributed by atoms with Crippen molar-refractivity contribution < 1.29 is 9.47 Å². The molecule has 0 saturated carbocycles. The van der Waals surface area contributed by atoms with Crippen LogP contribution in [0.25, 0.3) is 0 Å². The van der Waals surface area contributed by atoms with Crippen LogP contribution < -0.4 is 20.1 Å².